The van der Waals surface area contributed by atoms with Crippen molar-refractivity contribution in [2.75, 3.05) is 0 Å². The number of aldehydes is 1. The molecule has 0 saturated heterocycles. The molecule has 0 aliphatic heterocycles. The van der Waals surface area contributed by atoms with E-state index in [4.69, 9.17) is 17.5 Å². The zero-order chi connectivity index (χ0) is 10.0. The molecule has 4 nitrogen and oxygen atoms in total. The maximum Gasteiger partial charge on any atom is 0.169 e. The van der Waals surface area contributed by atoms with Crippen molar-refractivity contribution < 1.29 is 14.7 Å². The number of halogens is 1. The Morgan fingerprint density at radius 3 is 2.77 bits per heavy atom. The third-order valence-corrected chi connectivity index (χ3v) is 2.21. The number of aromatic hydroxyl groups is 1. The Balaban J connectivity index is 3.45. The minimum absolute atomic E-state index is 0.141. The van der Waals surface area contributed by atoms with Gasteiger partial charge in [0.25, 0.3) is 0 Å². The number of benzene rings is 1. The summed E-state index contributed by atoms with van der Waals surface area (Å²) in [5, 5.41) is 9.53. The number of hydrogen-bond acceptors (Lipinski definition) is 4. The number of carbonyl (C=O) groups excluding carboxylic acids is 1. The van der Waals surface area contributed by atoms with Gasteiger partial charge in [-0.2, -0.15) is 5.90 Å². The highest BCUT2D eigenvalue weighted by atomic mass is 35.5. The summed E-state index contributed by atoms with van der Waals surface area (Å²) in [6.07, 6.45) is 0.525. The molecule has 3 N–H and O–H groups in total. The first-order valence-electron chi connectivity index (χ1n) is 3.45. The van der Waals surface area contributed by atoms with Crippen LogP contribution >= 0.6 is 11.6 Å². The number of phenolic OH excluding ortho intramolecular Hbond substituents is 1. The molecule has 5 heteroatoms. The second-order valence-electron chi connectivity index (χ2n) is 2.48. The molecule has 70 valence electrons. The van der Waals surface area contributed by atoms with Crippen LogP contribution in [0.5, 0.6) is 11.5 Å². The van der Waals surface area contributed by atoms with Gasteiger partial charge in [-0.05, 0) is 12.5 Å². The van der Waals surface area contributed by atoms with Crippen molar-refractivity contribution in [2.24, 2.45) is 5.90 Å². The summed E-state index contributed by atoms with van der Waals surface area (Å²) in [5.41, 5.74) is 0.586. The minimum Gasteiger partial charge on any atom is -0.507 e. The molecule has 1 aromatic carbocycles. The molecule has 0 aromatic heterocycles. The number of rotatable bonds is 2. The third-order valence-electron chi connectivity index (χ3n) is 1.74. The fourth-order valence-electron chi connectivity index (χ4n) is 0.995. The molecule has 0 fully saturated rings. The number of phenols is 1. The summed E-state index contributed by atoms with van der Waals surface area (Å²) >= 11 is 5.77. The smallest absolute Gasteiger partial charge is 0.169 e. The van der Waals surface area contributed by atoms with E-state index in [-0.39, 0.29) is 22.1 Å². The lowest BCUT2D eigenvalue weighted by molar-refractivity contribution is 0.112. The highest BCUT2D eigenvalue weighted by molar-refractivity contribution is 6.33. The molecule has 0 aliphatic carbocycles. The second-order valence-corrected chi connectivity index (χ2v) is 2.86. The third kappa shape index (κ3) is 1.59. The number of nitrogens with two attached hydrogens (primary N) is 1. The van der Waals surface area contributed by atoms with E-state index in [0.717, 1.165) is 0 Å². The van der Waals surface area contributed by atoms with E-state index in [1.807, 2.05) is 0 Å². The van der Waals surface area contributed by atoms with Crippen LogP contribution in [0.2, 0.25) is 5.02 Å². The molecule has 0 bridgehead atoms. The average molecular weight is 202 g/mol. The quantitative estimate of drug-likeness (QED) is 0.561. The number of carbonyl (C=O) groups is 1. The van der Waals surface area contributed by atoms with Crippen molar-refractivity contribution in [3.63, 3.8) is 0 Å². The lowest BCUT2D eigenvalue weighted by atomic mass is 10.1. The average Bonchev–Trinajstić information content (AvgIpc) is 2.12. The maximum atomic E-state index is 10.5. The lowest BCUT2D eigenvalue weighted by Gasteiger charge is -2.08. The molecule has 0 atom stereocenters. The number of hydrogen-bond donors (Lipinski definition) is 2. The van der Waals surface area contributed by atoms with Gasteiger partial charge in [-0.3, -0.25) is 4.79 Å². The topological polar surface area (TPSA) is 72.6 Å². The predicted molar refractivity (Wildman–Crippen MR) is 48.1 cm³/mol. The summed E-state index contributed by atoms with van der Waals surface area (Å²) in [6.45, 7) is 1.59. The minimum atomic E-state index is -0.197. The Hall–Kier alpha value is -1.26. The molecule has 0 saturated carbocycles. The SMILES string of the molecule is Cc1c(Cl)c(ON)cc(O)c1C=O. The molecular formula is C8H8ClNO3. The van der Waals surface area contributed by atoms with Crippen LogP contribution < -0.4 is 10.7 Å². The molecule has 0 unspecified atom stereocenters. The van der Waals surface area contributed by atoms with Gasteiger partial charge in [0.15, 0.2) is 12.0 Å². The van der Waals surface area contributed by atoms with Crippen LogP contribution in [0, 0.1) is 6.92 Å². The van der Waals surface area contributed by atoms with E-state index >= 15 is 0 Å². The summed E-state index contributed by atoms with van der Waals surface area (Å²) in [4.78, 5) is 14.9. The lowest BCUT2D eigenvalue weighted by Crippen LogP contribution is -2.03. The van der Waals surface area contributed by atoms with Crippen molar-refractivity contribution in [3.8, 4) is 11.5 Å². The van der Waals surface area contributed by atoms with Gasteiger partial charge in [0.2, 0.25) is 0 Å². The van der Waals surface area contributed by atoms with Gasteiger partial charge in [0.05, 0.1) is 10.6 Å². The zero-order valence-corrected chi connectivity index (χ0v) is 7.63. The summed E-state index contributed by atoms with van der Waals surface area (Å²) < 4.78 is 0. The molecule has 0 amide bonds. The molecule has 1 aromatic rings. The largest absolute Gasteiger partial charge is 0.507 e. The molecule has 1 rings (SSSR count). The second kappa shape index (κ2) is 3.64. The Morgan fingerprint density at radius 1 is 1.69 bits per heavy atom. The summed E-state index contributed by atoms with van der Waals surface area (Å²) in [5.74, 6) is 4.84. The van der Waals surface area contributed by atoms with Gasteiger partial charge in [0.1, 0.15) is 5.75 Å². The first-order chi connectivity index (χ1) is 6.11. The van der Waals surface area contributed by atoms with Crippen LogP contribution in [0.3, 0.4) is 0 Å². The summed E-state index contributed by atoms with van der Waals surface area (Å²) in [7, 11) is 0. The van der Waals surface area contributed by atoms with Crippen LogP contribution in [-0.2, 0) is 0 Å². The molecular weight excluding hydrogens is 194 g/mol. The van der Waals surface area contributed by atoms with Gasteiger partial charge >= 0.3 is 0 Å². The zero-order valence-electron chi connectivity index (χ0n) is 6.87. The van der Waals surface area contributed by atoms with Crippen molar-refractivity contribution in [1.29, 1.82) is 0 Å². The molecule has 0 aliphatic rings. The first-order valence-corrected chi connectivity index (χ1v) is 3.83. The van der Waals surface area contributed by atoms with E-state index in [1.54, 1.807) is 6.92 Å². The highest BCUT2D eigenvalue weighted by Gasteiger charge is 2.13. The Labute approximate surface area is 79.8 Å². The van der Waals surface area contributed by atoms with Crippen LogP contribution in [0.1, 0.15) is 15.9 Å². The van der Waals surface area contributed by atoms with Gasteiger partial charge in [-0.25, -0.2) is 0 Å². The van der Waals surface area contributed by atoms with Crippen LogP contribution in [0.15, 0.2) is 6.07 Å². The molecule has 0 spiro atoms. The predicted octanol–water partition coefficient (Wildman–Crippen LogP) is 1.42. The molecule has 0 heterocycles. The van der Waals surface area contributed by atoms with E-state index in [0.29, 0.717) is 11.8 Å². The molecule has 13 heavy (non-hydrogen) atoms. The van der Waals surface area contributed by atoms with E-state index < -0.39 is 0 Å². The van der Waals surface area contributed by atoms with Gasteiger partial charge in [-0.15, -0.1) is 0 Å². The van der Waals surface area contributed by atoms with Crippen molar-refractivity contribution >= 4 is 17.9 Å². The van der Waals surface area contributed by atoms with Crippen LogP contribution in [-0.4, -0.2) is 11.4 Å². The van der Waals surface area contributed by atoms with Crippen molar-refractivity contribution in [2.45, 2.75) is 6.92 Å². The Morgan fingerprint density at radius 2 is 2.31 bits per heavy atom. The van der Waals surface area contributed by atoms with Crippen LogP contribution in [0.4, 0.5) is 0 Å². The van der Waals surface area contributed by atoms with E-state index in [9.17, 15) is 9.90 Å². The van der Waals surface area contributed by atoms with Gasteiger partial charge in [0, 0.05) is 6.07 Å². The van der Waals surface area contributed by atoms with Gasteiger partial charge < -0.3 is 9.94 Å². The van der Waals surface area contributed by atoms with Crippen molar-refractivity contribution in [1.82, 2.24) is 0 Å². The molecule has 0 radical (unpaired) electrons. The maximum absolute atomic E-state index is 10.5. The fourth-order valence-corrected chi connectivity index (χ4v) is 1.20. The first kappa shape index (κ1) is 9.83. The normalized spacial score (nSPS) is 9.77. The fraction of sp³-hybridized carbons (Fsp3) is 0.125. The van der Waals surface area contributed by atoms with E-state index in [1.165, 1.54) is 6.07 Å². The Kier molecular flexibility index (Phi) is 2.75. The summed E-state index contributed by atoms with van der Waals surface area (Å²) in [6, 6.07) is 1.19. The van der Waals surface area contributed by atoms with E-state index in [2.05, 4.69) is 4.84 Å². The van der Waals surface area contributed by atoms with Gasteiger partial charge in [-0.1, -0.05) is 11.6 Å². The highest BCUT2D eigenvalue weighted by Crippen LogP contribution is 2.34. The van der Waals surface area contributed by atoms with Crippen molar-refractivity contribution in [3.05, 3.63) is 22.2 Å². The standard InChI is InChI=1S/C8H8ClNO3/c1-4-5(3-11)6(12)2-7(13-10)8(4)9/h2-3,12H,10H2,1H3. The van der Waals surface area contributed by atoms with Crippen LogP contribution in [0.25, 0.3) is 0 Å². The monoisotopic (exact) mass is 201 g/mol. The Bertz CT molecular complexity index is 352.